The van der Waals surface area contributed by atoms with Gasteiger partial charge in [0.05, 0.1) is 5.69 Å². The van der Waals surface area contributed by atoms with Gasteiger partial charge in [-0.25, -0.2) is 8.42 Å². The van der Waals surface area contributed by atoms with Crippen LogP contribution < -0.4 is 10.5 Å². The fraction of sp³-hybridized carbons (Fsp3) is 0.231. The Balaban J connectivity index is 2.33. The maximum absolute atomic E-state index is 12.3. The molecule has 0 atom stereocenters. The molecule has 3 N–H and O–H groups in total. The summed E-state index contributed by atoms with van der Waals surface area (Å²) in [5.41, 5.74) is 6.81. The summed E-state index contributed by atoms with van der Waals surface area (Å²) in [5, 5.41) is 0.471. The largest absolute Gasteiger partial charge is 0.349 e. The molecule has 0 saturated carbocycles. The molecule has 20 heavy (non-hydrogen) atoms. The number of rotatable bonds is 5. The summed E-state index contributed by atoms with van der Waals surface area (Å²) in [6.45, 7) is 2.89. The lowest BCUT2D eigenvalue weighted by Crippen LogP contribution is -2.12. The number of anilines is 1. The average molecular weight is 314 g/mol. The van der Waals surface area contributed by atoms with E-state index in [0.29, 0.717) is 23.8 Å². The monoisotopic (exact) mass is 313 g/mol. The summed E-state index contributed by atoms with van der Waals surface area (Å²) < 4.78 is 28.9. The Kier molecular flexibility index (Phi) is 4.37. The number of hydrogen-bond donors (Lipinski definition) is 2. The first-order valence-electron chi connectivity index (χ1n) is 6.13. The fourth-order valence-corrected chi connectivity index (χ4v) is 3.21. The number of benzene rings is 1. The molecule has 0 amide bonds. The number of aromatic nitrogens is 1. The van der Waals surface area contributed by atoms with Crippen molar-refractivity contribution in [1.82, 2.24) is 4.57 Å². The maximum Gasteiger partial charge on any atom is 0.263 e. The van der Waals surface area contributed by atoms with E-state index >= 15 is 0 Å². The van der Waals surface area contributed by atoms with Crippen LogP contribution in [0, 0.1) is 0 Å². The molecule has 2 aromatic rings. The van der Waals surface area contributed by atoms with Gasteiger partial charge in [-0.3, -0.25) is 4.72 Å². The third kappa shape index (κ3) is 3.15. The summed E-state index contributed by atoms with van der Waals surface area (Å²) in [4.78, 5) is 0.194. The van der Waals surface area contributed by atoms with Crippen molar-refractivity contribution >= 4 is 27.3 Å². The minimum absolute atomic E-state index is 0.194. The minimum atomic E-state index is -3.64. The molecule has 0 aliphatic heterocycles. The van der Waals surface area contributed by atoms with E-state index in [0.717, 1.165) is 5.69 Å². The van der Waals surface area contributed by atoms with Crippen molar-refractivity contribution in [1.29, 1.82) is 0 Å². The molecular weight excluding hydrogens is 298 g/mol. The Labute approximate surface area is 123 Å². The molecule has 0 unspecified atom stereocenters. The molecule has 1 heterocycles. The Morgan fingerprint density at radius 2 is 2.10 bits per heavy atom. The molecule has 0 aliphatic carbocycles. The van der Waals surface area contributed by atoms with Gasteiger partial charge in [-0.05, 0) is 31.2 Å². The summed E-state index contributed by atoms with van der Waals surface area (Å²) >= 11 is 5.84. The van der Waals surface area contributed by atoms with Crippen LogP contribution in [0.4, 0.5) is 5.69 Å². The lowest BCUT2D eigenvalue weighted by Gasteiger charge is -2.06. The molecule has 0 spiro atoms. The summed E-state index contributed by atoms with van der Waals surface area (Å²) in [7, 11) is -3.64. The van der Waals surface area contributed by atoms with Crippen LogP contribution in [0.2, 0.25) is 5.02 Å². The van der Waals surface area contributed by atoms with Gasteiger partial charge in [0.1, 0.15) is 4.90 Å². The second-order valence-electron chi connectivity index (χ2n) is 4.27. The number of halogens is 1. The van der Waals surface area contributed by atoms with Crippen molar-refractivity contribution in [3.8, 4) is 0 Å². The van der Waals surface area contributed by atoms with Gasteiger partial charge in [-0.15, -0.1) is 0 Å². The standard InChI is InChI=1S/C13H16ClN3O2S/c1-2-17-9-13(7-12(17)8-15)20(18,19)16-11-5-3-4-10(14)6-11/h3-7,9,16H,2,8,15H2,1H3. The van der Waals surface area contributed by atoms with E-state index in [-0.39, 0.29) is 4.90 Å². The van der Waals surface area contributed by atoms with E-state index < -0.39 is 10.0 Å². The molecule has 1 aromatic carbocycles. The van der Waals surface area contributed by atoms with Gasteiger partial charge in [0, 0.05) is 30.0 Å². The van der Waals surface area contributed by atoms with Gasteiger partial charge >= 0.3 is 0 Å². The quantitative estimate of drug-likeness (QED) is 0.890. The van der Waals surface area contributed by atoms with E-state index in [1.807, 2.05) is 11.5 Å². The SMILES string of the molecule is CCn1cc(S(=O)(=O)Nc2cccc(Cl)c2)cc1CN. The third-order valence-corrected chi connectivity index (χ3v) is 4.48. The maximum atomic E-state index is 12.3. The Morgan fingerprint density at radius 1 is 1.35 bits per heavy atom. The van der Waals surface area contributed by atoms with Crippen LogP contribution >= 0.6 is 11.6 Å². The first-order chi connectivity index (χ1) is 9.46. The highest BCUT2D eigenvalue weighted by Gasteiger charge is 2.18. The molecule has 108 valence electrons. The van der Waals surface area contributed by atoms with Crippen LogP contribution in [0.1, 0.15) is 12.6 Å². The van der Waals surface area contributed by atoms with Crippen LogP contribution in [0.5, 0.6) is 0 Å². The van der Waals surface area contributed by atoms with Crippen molar-refractivity contribution in [3.05, 3.63) is 47.2 Å². The first-order valence-corrected chi connectivity index (χ1v) is 8.00. The highest BCUT2D eigenvalue weighted by atomic mass is 35.5. The Morgan fingerprint density at radius 3 is 2.65 bits per heavy atom. The van der Waals surface area contributed by atoms with Crippen molar-refractivity contribution in [2.45, 2.75) is 24.9 Å². The zero-order valence-corrected chi connectivity index (χ0v) is 12.6. The van der Waals surface area contributed by atoms with E-state index in [4.69, 9.17) is 17.3 Å². The van der Waals surface area contributed by atoms with Crippen LogP contribution in [0.25, 0.3) is 0 Å². The van der Waals surface area contributed by atoms with Gasteiger partial charge in [0.25, 0.3) is 10.0 Å². The summed E-state index contributed by atoms with van der Waals surface area (Å²) in [6, 6.07) is 8.14. The second-order valence-corrected chi connectivity index (χ2v) is 6.39. The normalized spacial score (nSPS) is 11.6. The van der Waals surface area contributed by atoms with Crippen molar-refractivity contribution in [2.24, 2.45) is 5.73 Å². The molecular formula is C13H16ClN3O2S. The van der Waals surface area contributed by atoms with E-state index in [2.05, 4.69) is 4.72 Å². The van der Waals surface area contributed by atoms with Crippen molar-refractivity contribution in [3.63, 3.8) is 0 Å². The number of nitrogens with zero attached hydrogens (tertiary/aromatic N) is 1. The smallest absolute Gasteiger partial charge is 0.263 e. The Hall–Kier alpha value is -1.50. The number of hydrogen-bond acceptors (Lipinski definition) is 3. The first kappa shape index (κ1) is 14.9. The average Bonchev–Trinajstić information content (AvgIpc) is 2.82. The molecule has 2 rings (SSSR count). The Bertz CT molecular complexity index is 689. The highest BCUT2D eigenvalue weighted by Crippen LogP contribution is 2.21. The number of sulfonamides is 1. The highest BCUT2D eigenvalue weighted by molar-refractivity contribution is 7.92. The number of nitrogens with one attached hydrogen (secondary N) is 1. The van der Waals surface area contributed by atoms with E-state index in [1.54, 1.807) is 36.5 Å². The van der Waals surface area contributed by atoms with Crippen LogP contribution in [-0.4, -0.2) is 13.0 Å². The molecule has 0 aliphatic rings. The molecule has 0 fully saturated rings. The predicted octanol–water partition coefficient (Wildman–Crippen LogP) is 2.42. The van der Waals surface area contributed by atoms with Crippen LogP contribution in [0.3, 0.4) is 0 Å². The summed E-state index contributed by atoms with van der Waals surface area (Å²) in [6.07, 6.45) is 1.58. The van der Waals surface area contributed by atoms with Crippen LogP contribution in [0.15, 0.2) is 41.4 Å². The zero-order valence-electron chi connectivity index (χ0n) is 11.0. The van der Waals surface area contributed by atoms with Gasteiger partial charge < -0.3 is 10.3 Å². The minimum Gasteiger partial charge on any atom is -0.349 e. The van der Waals surface area contributed by atoms with Crippen LogP contribution in [-0.2, 0) is 23.1 Å². The molecule has 1 aromatic heterocycles. The fourth-order valence-electron chi connectivity index (χ4n) is 1.90. The molecule has 5 nitrogen and oxygen atoms in total. The lowest BCUT2D eigenvalue weighted by atomic mass is 10.3. The number of aryl methyl sites for hydroxylation is 1. The zero-order chi connectivity index (χ0) is 14.8. The van der Waals surface area contributed by atoms with Gasteiger partial charge in [0.2, 0.25) is 0 Å². The molecule has 7 heteroatoms. The topological polar surface area (TPSA) is 77.1 Å². The van der Waals surface area contributed by atoms with E-state index in [1.165, 1.54) is 0 Å². The van der Waals surface area contributed by atoms with Crippen molar-refractivity contribution < 1.29 is 8.42 Å². The van der Waals surface area contributed by atoms with Gasteiger partial charge in [0.15, 0.2) is 0 Å². The second kappa shape index (κ2) is 5.87. The predicted molar refractivity (Wildman–Crippen MR) is 80.3 cm³/mol. The lowest BCUT2D eigenvalue weighted by molar-refractivity contribution is 0.600. The summed E-state index contributed by atoms with van der Waals surface area (Å²) in [5.74, 6) is 0. The molecule has 0 saturated heterocycles. The third-order valence-electron chi connectivity index (χ3n) is 2.90. The molecule has 0 bridgehead atoms. The van der Waals surface area contributed by atoms with Crippen molar-refractivity contribution in [2.75, 3.05) is 4.72 Å². The number of nitrogens with two attached hydrogens (primary N) is 1. The van der Waals surface area contributed by atoms with Gasteiger partial charge in [-0.2, -0.15) is 0 Å². The van der Waals surface area contributed by atoms with Gasteiger partial charge in [-0.1, -0.05) is 17.7 Å². The van der Waals surface area contributed by atoms with E-state index in [9.17, 15) is 8.42 Å². The molecule has 0 radical (unpaired) electrons.